The summed E-state index contributed by atoms with van der Waals surface area (Å²) in [5, 5.41) is 3.51. The molecule has 0 saturated carbocycles. The largest absolute Gasteiger partial charge is 0.484 e. The molecule has 5 nitrogen and oxygen atoms in total. The number of nitrogens with one attached hydrogen (secondary N) is 1. The zero-order valence-electron chi connectivity index (χ0n) is 17.9. The lowest BCUT2D eigenvalue weighted by Crippen LogP contribution is -2.51. The molecule has 3 aromatic rings. The van der Waals surface area contributed by atoms with E-state index in [4.69, 9.17) is 27.9 Å². The van der Waals surface area contributed by atoms with Crippen LogP contribution in [0.25, 0.3) is 0 Å². The summed E-state index contributed by atoms with van der Waals surface area (Å²) >= 11 is 16.1. The fourth-order valence-electron chi connectivity index (χ4n) is 3.33. The molecule has 0 bridgehead atoms. The highest BCUT2D eigenvalue weighted by molar-refractivity contribution is 9.10. The third-order valence-electron chi connectivity index (χ3n) is 5.08. The summed E-state index contributed by atoms with van der Waals surface area (Å²) in [7, 11) is 1.55. The minimum atomic E-state index is -0.786. The van der Waals surface area contributed by atoms with Gasteiger partial charge in [-0.25, -0.2) is 0 Å². The van der Waals surface area contributed by atoms with E-state index in [0.29, 0.717) is 27.8 Å². The van der Waals surface area contributed by atoms with E-state index in [9.17, 15) is 9.59 Å². The summed E-state index contributed by atoms with van der Waals surface area (Å²) in [6, 6.07) is 21.0. The van der Waals surface area contributed by atoms with Crippen molar-refractivity contribution < 1.29 is 14.3 Å². The highest BCUT2D eigenvalue weighted by Gasteiger charge is 2.31. The minimum Gasteiger partial charge on any atom is -0.484 e. The van der Waals surface area contributed by atoms with Crippen LogP contribution in [0, 0.1) is 0 Å². The Morgan fingerprint density at radius 3 is 2.21 bits per heavy atom. The van der Waals surface area contributed by atoms with Crippen LogP contribution in [-0.2, 0) is 22.6 Å². The molecule has 0 unspecified atom stereocenters. The van der Waals surface area contributed by atoms with Crippen molar-refractivity contribution in [1.29, 1.82) is 0 Å². The number of carbonyl (C=O) groups is 2. The molecule has 0 aliphatic heterocycles. The van der Waals surface area contributed by atoms with Gasteiger partial charge in [-0.1, -0.05) is 75.5 Å². The van der Waals surface area contributed by atoms with Gasteiger partial charge in [-0.3, -0.25) is 9.59 Å². The Morgan fingerprint density at radius 2 is 1.61 bits per heavy atom. The lowest BCUT2D eigenvalue weighted by Gasteiger charge is -2.31. The topological polar surface area (TPSA) is 58.6 Å². The predicted octanol–water partition coefficient (Wildman–Crippen LogP) is 5.52. The lowest BCUT2D eigenvalue weighted by molar-refractivity contribution is -0.142. The first kappa shape index (κ1) is 25.1. The van der Waals surface area contributed by atoms with Crippen molar-refractivity contribution in [2.24, 2.45) is 0 Å². The normalized spacial score (nSPS) is 11.5. The van der Waals surface area contributed by atoms with Gasteiger partial charge in [-0.15, -0.1) is 0 Å². The zero-order valence-corrected chi connectivity index (χ0v) is 21.0. The van der Waals surface area contributed by atoms with E-state index in [1.807, 2.05) is 42.5 Å². The first-order chi connectivity index (χ1) is 15.9. The van der Waals surface area contributed by atoms with Gasteiger partial charge in [0.25, 0.3) is 5.91 Å². The second-order valence-electron chi connectivity index (χ2n) is 7.28. The van der Waals surface area contributed by atoms with Gasteiger partial charge in [0.15, 0.2) is 6.61 Å². The van der Waals surface area contributed by atoms with Crippen LogP contribution < -0.4 is 10.1 Å². The van der Waals surface area contributed by atoms with Crippen LogP contribution in [-0.4, -0.2) is 36.4 Å². The third-order valence-corrected chi connectivity index (χ3v) is 6.32. The van der Waals surface area contributed by atoms with E-state index in [1.165, 1.54) is 4.90 Å². The Labute approximate surface area is 211 Å². The van der Waals surface area contributed by atoms with Gasteiger partial charge >= 0.3 is 0 Å². The number of benzene rings is 3. The number of carbonyl (C=O) groups excluding carboxylic acids is 2. The van der Waals surface area contributed by atoms with Crippen LogP contribution in [0.5, 0.6) is 5.75 Å². The molecule has 3 rings (SSSR count). The van der Waals surface area contributed by atoms with Crippen LogP contribution >= 0.6 is 39.1 Å². The van der Waals surface area contributed by atoms with Gasteiger partial charge in [0.1, 0.15) is 11.8 Å². The maximum absolute atomic E-state index is 13.4. The maximum Gasteiger partial charge on any atom is 0.261 e. The minimum absolute atomic E-state index is 0.0615. The third kappa shape index (κ3) is 6.97. The van der Waals surface area contributed by atoms with Crippen molar-refractivity contribution in [3.63, 3.8) is 0 Å². The molecule has 1 atom stereocenters. The summed E-state index contributed by atoms with van der Waals surface area (Å²) in [6.07, 6.45) is 0.326. The first-order valence-corrected chi connectivity index (χ1v) is 11.8. The van der Waals surface area contributed by atoms with Crippen molar-refractivity contribution in [2.75, 3.05) is 13.7 Å². The fourth-order valence-corrected chi connectivity index (χ4v) is 4.11. The van der Waals surface area contributed by atoms with Crippen LogP contribution in [0.15, 0.2) is 77.3 Å². The number of nitrogens with zero attached hydrogens (tertiary/aromatic N) is 1. The summed E-state index contributed by atoms with van der Waals surface area (Å²) in [5.74, 6) is -0.112. The van der Waals surface area contributed by atoms with Gasteiger partial charge in [0.2, 0.25) is 5.91 Å². The zero-order chi connectivity index (χ0) is 23.8. The summed E-state index contributed by atoms with van der Waals surface area (Å²) in [5.41, 5.74) is 1.49. The Kier molecular flexibility index (Phi) is 9.18. The van der Waals surface area contributed by atoms with Crippen molar-refractivity contribution in [3.8, 4) is 5.75 Å². The Balaban J connectivity index is 1.91. The average Bonchev–Trinajstić information content (AvgIpc) is 2.82. The van der Waals surface area contributed by atoms with E-state index < -0.39 is 6.04 Å². The van der Waals surface area contributed by atoms with Crippen LogP contribution in [0.2, 0.25) is 10.0 Å². The van der Waals surface area contributed by atoms with E-state index in [2.05, 4.69) is 21.2 Å². The molecule has 8 heteroatoms. The van der Waals surface area contributed by atoms with E-state index >= 15 is 0 Å². The van der Waals surface area contributed by atoms with Crippen molar-refractivity contribution in [3.05, 3.63) is 98.4 Å². The highest BCUT2D eigenvalue weighted by Crippen LogP contribution is 2.27. The van der Waals surface area contributed by atoms with Gasteiger partial charge < -0.3 is 15.0 Å². The fraction of sp³-hybridized carbons (Fsp3) is 0.200. The number of likely N-dealkylation sites (N-methyl/N-ethyl adjacent to an activating group) is 1. The molecule has 0 aromatic heterocycles. The second-order valence-corrected chi connectivity index (χ2v) is 9.01. The number of hydrogen-bond donors (Lipinski definition) is 1. The number of halogens is 3. The lowest BCUT2D eigenvalue weighted by atomic mass is 10.0. The van der Waals surface area contributed by atoms with E-state index in [1.54, 1.807) is 37.4 Å². The number of amides is 2. The Bertz CT molecular complexity index is 1070. The Hall–Kier alpha value is -2.54. The molecule has 0 heterocycles. The molecule has 172 valence electrons. The smallest absolute Gasteiger partial charge is 0.261 e. The molecule has 2 amide bonds. The quantitative estimate of drug-likeness (QED) is 0.382. The summed E-state index contributed by atoms with van der Waals surface area (Å²) < 4.78 is 6.61. The van der Waals surface area contributed by atoms with E-state index in [0.717, 1.165) is 10.0 Å². The molecule has 33 heavy (non-hydrogen) atoms. The van der Waals surface area contributed by atoms with E-state index in [-0.39, 0.29) is 25.0 Å². The van der Waals surface area contributed by atoms with Crippen molar-refractivity contribution >= 4 is 50.9 Å². The summed E-state index contributed by atoms with van der Waals surface area (Å²) in [6.45, 7) is -0.183. The van der Waals surface area contributed by atoms with Gasteiger partial charge in [-0.05, 0) is 42.0 Å². The molecule has 0 fully saturated rings. The van der Waals surface area contributed by atoms with Crippen molar-refractivity contribution in [1.82, 2.24) is 10.2 Å². The molecular weight excluding hydrogens is 527 g/mol. The molecule has 0 spiro atoms. The standard InChI is InChI=1S/C25H23BrCl2N2O3/c1-29-25(32)23(14-17-6-3-2-4-7-17)30(15-20-21(27)8-5-9-22(20)28)24(31)16-33-19-12-10-18(26)11-13-19/h2-13,23H,14-16H2,1H3,(H,29,32)/t23-/m1/s1. The van der Waals surface area contributed by atoms with Gasteiger partial charge in [-0.2, -0.15) is 0 Å². The van der Waals surface area contributed by atoms with Crippen molar-refractivity contribution in [2.45, 2.75) is 19.0 Å². The Morgan fingerprint density at radius 1 is 0.970 bits per heavy atom. The first-order valence-electron chi connectivity index (χ1n) is 10.2. The molecule has 3 aromatic carbocycles. The monoisotopic (exact) mass is 548 g/mol. The average molecular weight is 550 g/mol. The SMILES string of the molecule is CNC(=O)[C@@H](Cc1ccccc1)N(Cc1c(Cl)cccc1Cl)C(=O)COc1ccc(Br)cc1. The van der Waals surface area contributed by atoms with Crippen LogP contribution in [0.3, 0.4) is 0 Å². The molecule has 0 aliphatic rings. The molecule has 0 radical (unpaired) electrons. The number of ether oxygens (including phenoxy) is 1. The van der Waals surface area contributed by atoms with Crippen LogP contribution in [0.1, 0.15) is 11.1 Å². The van der Waals surface area contributed by atoms with Gasteiger partial charge in [0, 0.05) is 40.1 Å². The molecular formula is C25H23BrCl2N2O3. The predicted molar refractivity (Wildman–Crippen MR) is 135 cm³/mol. The number of hydrogen-bond acceptors (Lipinski definition) is 3. The second kappa shape index (κ2) is 12.1. The van der Waals surface area contributed by atoms with Crippen LogP contribution in [0.4, 0.5) is 0 Å². The molecule has 1 N–H and O–H groups in total. The maximum atomic E-state index is 13.4. The molecule has 0 aliphatic carbocycles. The number of rotatable bonds is 9. The summed E-state index contributed by atoms with van der Waals surface area (Å²) in [4.78, 5) is 27.8. The highest BCUT2D eigenvalue weighted by atomic mass is 79.9. The van der Waals surface area contributed by atoms with Gasteiger partial charge in [0.05, 0.1) is 0 Å². The molecule has 0 saturated heterocycles.